The van der Waals surface area contributed by atoms with Crippen molar-refractivity contribution in [2.24, 2.45) is 0 Å². The highest BCUT2D eigenvalue weighted by atomic mass is 32.2. The molecule has 9 heteroatoms. The van der Waals surface area contributed by atoms with E-state index in [1.165, 1.54) is 32.4 Å². The summed E-state index contributed by atoms with van der Waals surface area (Å²) in [6, 6.07) is 11.0. The van der Waals surface area contributed by atoms with Crippen molar-refractivity contribution in [2.45, 2.75) is 25.2 Å². The lowest BCUT2D eigenvalue weighted by Crippen LogP contribution is -2.32. The Bertz CT molecular complexity index is 957. The molecule has 0 aliphatic rings. The maximum absolute atomic E-state index is 13.3. The first kappa shape index (κ1) is 23.7. The third kappa shape index (κ3) is 5.10. The van der Waals surface area contributed by atoms with Gasteiger partial charge in [-0.25, -0.2) is 13.9 Å². The summed E-state index contributed by atoms with van der Waals surface area (Å²) in [5.41, 5.74) is 2.63. The molecule has 1 amide bonds. The predicted octanol–water partition coefficient (Wildman–Crippen LogP) is 2.52. The number of nitrogens with one attached hydrogen (secondary N) is 1. The Morgan fingerprint density at radius 2 is 1.73 bits per heavy atom. The highest BCUT2D eigenvalue weighted by Gasteiger charge is 2.27. The maximum Gasteiger partial charge on any atom is 0.276 e. The van der Waals surface area contributed by atoms with Gasteiger partial charge in [-0.15, -0.1) is 0 Å². The van der Waals surface area contributed by atoms with E-state index in [4.69, 9.17) is 9.94 Å². The van der Waals surface area contributed by atoms with Crippen LogP contribution in [0.15, 0.2) is 47.4 Å². The van der Waals surface area contributed by atoms with Crippen molar-refractivity contribution < 1.29 is 23.2 Å². The minimum Gasteiger partial charge on any atom is -0.497 e. The average Bonchev–Trinajstić information content (AvgIpc) is 2.78. The molecule has 0 fully saturated rings. The second-order valence-corrected chi connectivity index (χ2v) is 8.65. The lowest BCUT2D eigenvalue weighted by Gasteiger charge is -2.26. The summed E-state index contributed by atoms with van der Waals surface area (Å²) in [5.74, 6) is -0.233. The van der Waals surface area contributed by atoms with Crippen molar-refractivity contribution in [1.82, 2.24) is 10.4 Å². The zero-order chi connectivity index (χ0) is 22.3. The molecule has 0 saturated carbocycles. The Kier molecular flexibility index (Phi) is 8.22. The Balaban J connectivity index is 2.53. The van der Waals surface area contributed by atoms with Crippen molar-refractivity contribution >= 4 is 21.6 Å². The smallest absolute Gasteiger partial charge is 0.276 e. The number of carbonyl (C=O) groups is 1. The quantitative estimate of drug-likeness (QED) is 0.440. The second-order valence-electron chi connectivity index (χ2n) is 6.68. The van der Waals surface area contributed by atoms with Gasteiger partial charge in [0.05, 0.1) is 23.3 Å². The number of para-hydroxylation sites is 1. The molecule has 30 heavy (non-hydrogen) atoms. The van der Waals surface area contributed by atoms with Gasteiger partial charge < -0.3 is 9.64 Å². The summed E-state index contributed by atoms with van der Waals surface area (Å²) in [4.78, 5) is 14.6. The molecule has 0 aromatic heterocycles. The van der Waals surface area contributed by atoms with Gasteiger partial charge in [0, 0.05) is 13.6 Å². The zero-order valence-electron chi connectivity index (χ0n) is 17.8. The highest BCUT2D eigenvalue weighted by molar-refractivity contribution is 7.92. The monoisotopic (exact) mass is 435 g/mol. The third-order valence-corrected chi connectivity index (χ3v) is 6.86. The van der Waals surface area contributed by atoms with Gasteiger partial charge in [0.2, 0.25) is 0 Å². The number of methoxy groups -OCH3 is 1. The molecule has 0 unspecified atom stereocenters. The van der Waals surface area contributed by atoms with Gasteiger partial charge in [-0.1, -0.05) is 26.0 Å². The summed E-state index contributed by atoms with van der Waals surface area (Å²) >= 11 is 0. The number of sulfonamides is 1. The van der Waals surface area contributed by atoms with E-state index in [9.17, 15) is 13.2 Å². The van der Waals surface area contributed by atoms with Crippen LogP contribution in [0.25, 0.3) is 0 Å². The largest absolute Gasteiger partial charge is 0.497 e. The Labute approximate surface area is 178 Å². The molecule has 0 saturated heterocycles. The Hall–Kier alpha value is -2.62. The minimum atomic E-state index is -3.95. The first-order chi connectivity index (χ1) is 14.3. The lowest BCUT2D eigenvalue weighted by molar-refractivity contribution is 0.0707. The van der Waals surface area contributed by atoms with Gasteiger partial charge in [-0.05, 0) is 55.4 Å². The second kappa shape index (κ2) is 10.4. The van der Waals surface area contributed by atoms with Gasteiger partial charge >= 0.3 is 0 Å². The van der Waals surface area contributed by atoms with Crippen LogP contribution < -0.4 is 14.5 Å². The summed E-state index contributed by atoms with van der Waals surface area (Å²) in [5, 5.41) is 9.17. The number of ether oxygens (including phenoxy) is 1. The molecule has 2 aromatic carbocycles. The maximum atomic E-state index is 13.3. The summed E-state index contributed by atoms with van der Waals surface area (Å²) in [7, 11) is -1.04. The van der Waals surface area contributed by atoms with E-state index >= 15 is 0 Å². The number of carbonyl (C=O) groups excluding carboxylic acids is 1. The molecule has 2 aromatic rings. The summed E-state index contributed by atoms with van der Waals surface area (Å²) in [6.45, 7) is 6.55. The number of hydrogen-bond donors (Lipinski definition) is 2. The number of anilines is 1. The topological polar surface area (TPSA) is 99.2 Å². The van der Waals surface area contributed by atoms with E-state index in [0.717, 1.165) is 17.4 Å². The molecule has 0 aliphatic heterocycles. The van der Waals surface area contributed by atoms with Gasteiger partial charge in [0.1, 0.15) is 5.75 Å². The molecule has 164 valence electrons. The van der Waals surface area contributed by atoms with Crippen molar-refractivity contribution in [3.8, 4) is 5.75 Å². The molecule has 2 N–H and O–H groups in total. The molecule has 8 nitrogen and oxygen atoms in total. The van der Waals surface area contributed by atoms with E-state index in [-0.39, 0.29) is 16.1 Å². The van der Waals surface area contributed by atoms with Crippen LogP contribution in [-0.4, -0.2) is 58.2 Å². The number of amides is 1. The molecular formula is C21H29N3O5S. The highest BCUT2D eigenvalue weighted by Crippen LogP contribution is 2.31. The van der Waals surface area contributed by atoms with E-state index < -0.39 is 15.9 Å². The van der Waals surface area contributed by atoms with Crippen LogP contribution in [0.5, 0.6) is 5.75 Å². The number of hydroxylamine groups is 1. The molecule has 0 radical (unpaired) electrons. The minimum absolute atomic E-state index is 0.0692. The van der Waals surface area contributed by atoms with E-state index in [1.54, 1.807) is 29.7 Å². The molecule has 0 atom stereocenters. The van der Waals surface area contributed by atoms with Crippen molar-refractivity contribution in [3.63, 3.8) is 0 Å². The van der Waals surface area contributed by atoms with E-state index in [0.29, 0.717) is 24.3 Å². The number of benzene rings is 2. The predicted molar refractivity (Wildman–Crippen MR) is 116 cm³/mol. The van der Waals surface area contributed by atoms with Crippen LogP contribution in [0, 0.1) is 0 Å². The molecule has 0 bridgehead atoms. The van der Waals surface area contributed by atoms with Crippen molar-refractivity contribution in [1.29, 1.82) is 0 Å². The third-order valence-electron chi connectivity index (χ3n) is 5.09. The lowest BCUT2D eigenvalue weighted by atomic mass is 10.0. The SMILES string of the molecule is CCN(CC)CCc1cccc(C(=O)NO)c1N(C)S(=O)(=O)c1ccc(OC)cc1. The van der Waals surface area contributed by atoms with Gasteiger partial charge in [0.25, 0.3) is 15.9 Å². The van der Waals surface area contributed by atoms with E-state index in [2.05, 4.69) is 18.7 Å². The first-order valence-corrected chi connectivity index (χ1v) is 11.2. The molecular weight excluding hydrogens is 406 g/mol. The zero-order valence-corrected chi connectivity index (χ0v) is 18.6. The fourth-order valence-electron chi connectivity index (χ4n) is 3.25. The first-order valence-electron chi connectivity index (χ1n) is 9.71. The van der Waals surface area contributed by atoms with E-state index in [1.807, 2.05) is 0 Å². The van der Waals surface area contributed by atoms with Crippen molar-refractivity contribution in [3.05, 3.63) is 53.6 Å². The molecule has 0 heterocycles. The molecule has 2 rings (SSSR count). The number of hydrogen-bond acceptors (Lipinski definition) is 6. The van der Waals surface area contributed by atoms with Crippen LogP contribution in [0.3, 0.4) is 0 Å². The summed E-state index contributed by atoms with van der Waals surface area (Å²) < 4.78 is 32.7. The van der Waals surface area contributed by atoms with Gasteiger partial charge in [-0.2, -0.15) is 0 Å². The fraction of sp³-hybridized carbons (Fsp3) is 0.381. The number of nitrogens with zero attached hydrogens (tertiary/aromatic N) is 2. The van der Waals surface area contributed by atoms with Crippen LogP contribution in [0.4, 0.5) is 5.69 Å². The number of rotatable bonds is 10. The standard InChI is InChI=1S/C21H29N3O5S/c1-5-24(6-2)15-14-16-8-7-9-19(21(25)22-26)20(16)23(3)30(27,28)18-12-10-17(29-4)11-13-18/h7-13,26H,5-6,14-15H2,1-4H3,(H,22,25). The van der Waals surface area contributed by atoms with Crippen LogP contribution >= 0.6 is 0 Å². The van der Waals surface area contributed by atoms with Gasteiger partial charge in [0.15, 0.2) is 0 Å². The Morgan fingerprint density at radius 3 is 2.27 bits per heavy atom. The molecule has 0 aliphatic carbocycles. The molecule has 0 spiro atoms. The van der Waals surface area contributed by atoms with Gasteiger partial charge in [-0.3, -0.25) is 14.3 Å². The van der Waals surface area contributed by atoms with Crippen LogP contribution in [0.2, 0.25) is 0 Å². The van der Waals surface area contributed by atoms with Crippen LogP contribution in [-0.2, 0) is 16.4 Å². The Morgan fingerprint density at radius 1 is 1.10 bits per heavy atom. The fourth-order valence-corrected chi connectivity index (χ4v) is 4.50. The summed E-state index contributed by atoms with van der Waals surface area (Å²) in [6.07, 6.45) is 0.548. The van der Waals surface area contributed by atoms with Crippen molar-refractivity contribution in [2.75, 3.05) is 38.1 Å². The normalized spacial score (nSPS) is 11.4. The number of likely N-dealkylation sites (N-methyl/N-ethyl adjacent to an activating group) is 1. The van der Waals surface area contributed by atoms with Crippen LogP contribution in [0.1, 0.15) is 29.8 Å². The average molecular weight is 436 g/mol.